The number of rotatable bonds is 7. The molecule has 2 aromatic heterocycles. The summed E-state index contributed by atoms with van der Waals surface area (Å²) < 4.78 is 7.10. The van der Waals surface area contributed by atoms with Crippen LogP contribution in [0.4, 0.5) is 11.4 Å². The molecule has 1 aliphatic heterocycles. The third-order valence-electron chi connectivity index (χ3n) is 6.73. The highest BCUT2D eigenvalue weighted by atomic mass is 35.5. The van der Waals surface area contributed by atoms with Gasteiger partial charge in [-0.15, -0.1) is 0 Å². The van der Waals surface area contributed by atoms with E-state index in [1.165, 1.54) is 18.2 Å². The van der Waals surface area contributed by atoms with E-state index in [-0.39, 0.29) is 24.6 Å². The molecule has 9 heteroatoms. The van der Waals surface area contributed by atoms with E-state index in [1.807, 2.05) is 36.4 Å². The first kappa shape index (κ1) is 25.9. The summed E-state index contributed by atoms with van der Waals surface area (Å²) >= 11 is 12.5. The number of aryl methyl sites for hydroxylation is 2. The molecule has 3 heterocycles. The lowest BCUT2D eigenvalue weighted by Crippen LogP contribution is -2.30. The first-order chi connectivity index (χ1) is 18.4. The predicted octanol–water partition coefficient (Wildman–Crippen LogP) is 5.90. The van der Waals surface area contributed by atoms with Crippen LogP contribution in [0.2, 0.25) is 5.02 Å². The number of anilines is 2. The minimum atomic E-state index is -0.278. The quantitative estimate of drug-likeness (QED) is 0.282. The van der Waals surface area contributed by atoms with Gasteiger partial charge in [-0.05, 0) is 91.8 Å². The largest absolute Gasteiger partial charge is 0.375 e. The lowest BCUT2D eigenvalue weighted by molar-refractivity contribution is -0.119. The Kier molecular flexibility index (Phi) is 7.46. The summed E-state index contributed by atoms with van der Waals surface area (Å²) in [5.41, 5.74) is 6.76. The molecule has 38 heavy (non-hydrogen) atoms. The molecule has 7 nitrogen and oxygen atoms in total. The second kappa shape index (κ2) is 10.9. The number of carbonyl (C=O) groups is 1. The molecule has 0 aliphatic carbocycles. The molecule has 2 aromatic carbocycles. The molecule has 1 fully saturated rings. The third-order valence-corrected chi connectivity index (χ3v) is 7.36. The van der Waals surface area contributed by atoms with E-state index >= 15 is 0 Å². The first-order valence-electron chi connectivity index (χ1n) is 12.2. The SMILES string of the molecule is COCC(=O)Nc1ccc(N2C(=S)N[C@@H](c3ccccn3)[C@@H]2c2cccn2-c2ccc(C)c(C)c2)cc1Cl. The maximum atomic E-state index is 12.0. The maximum absolute atomic E-state index is 12.0. The molecule has 2 N–H and O–H groups in total. The Labute approximate surface area is 232 Å². The van der Waals surface area contributed by atoms with Crippen molar-refractivity contribution in [1.82, 2.24) is 14.9 Å². The number of nitrogens with zero attached hydrogens (tertiary/aromatic N) is 3. The van der Waals surface area contributed by atoms with Gasteiger partial charge in [0.05, 0.1) is 22.4 Å². The van der Waals surface area contributed by atoms with Crippen LogP contribution in [0.3, 0.4) is 0 Å². The normalized spacial score (nSPS) is 16.9. The van der Waals surface area contributed by atoms with Crippen LogP contribution in [0.1, 0.15) is 34.6 Å². The lowest BCUT2D eigenvalue weighted by Gasteiger charge is -2.29. The number of halogens is 1. The van der Waals surface area contributed by atoms with E-state index in [0.717, 1.165) is 22.8 Å². The fourth-order valence-electron chi connectivity index (χ4n) is 4.75. The van der Waals surface area contributed by atoms with Crippen molar-refractivity contribution in [1.29, 1.82) is 0 Å². The van der Waals surface area contributed by atoms with Gasteiger partial charge in [-0.2, -0.15) is 0 Å². The minimum Gasteiger partial charge on any atom is -0.375 e. The van der Waals surface area contributed by atoms with Crippen LogP contribution in [0.5, 0.6) is 0 Å². The molecule has 194 valence electrons. The van der Waals surface area contributed by atoms with Crippen molar-refractivity contribution in [3.8, 4) is 5.69 Å². The molecule has 0 spiro atoms. The summed E-state index contributed by atoms with van der Waals surface area (Å²) in [4.78, 5) is 18.8. The van der Waals surface area contributed by atoms with Crippen LogP contribution in [-0.4, -0.2) is 34.3 Å². The lowest BCUT2D eigenvalue weighted by atomic mass is 10.0. The Balaban J connectivity index is 1.59. The van der Waals surface area contributed by atoms with Crippen molar-refractivity contribution in [3.05, 3.63) is 107 Å². The zero-order valence-electron chi connectivity index (χ0n) is 21.3. The summed E-state index contributed by atoms with van der Waals surface area (Å²) in [6, 6.07) is 21.5. The monoisotopic (exact) mass is 545 g/mol. The van der Waals surface area contributed by atoms with Gasteiger partial charge in [0, 0.05) is 36.6 Å². The van der Waals surface area contributed by atoms with Gasteiger partial charge in [-0.3, -0.25) is 9.78 Å². The average Bonchev–Trinajstić information content (AvgIpc) is 3.52. The van der Waals surface area contributed by atoms with Crippen molar-refractivity contribution in [2.45, 2.75) is 25.9 Å². The summed E-state index contributed by atoms with van der Waals surface area (Å²) in [5.74, 6) is -0.278. The van der Waals surface area contributed by atoms with E-state index in [0.29, 0.717) is 15.8 Å². The highest BCUT2D eigenvalue weighted by Gasteiger charge is 2.42. The molecule has 1 aliphatic rings. The van der Waals surface area contributed by atoms with Crippen LogP contribution in [-0.2, 0) is 9.53 Å². The summed E-state index contributed by atoms with van der Waals surface area (Å²) in [5, 5.41) is 7.23. The van der Waals surface area contributed by atoms with E-state index in [2.05, 4.69) is 69.4 Å². The van der Waals surface area contributed by atoms with E-state index in [9.17, 15) is 4.79 Å². The van der Waals surface area contributed by atoms with Crippen LogP contribution < -0.4 is 15.5 Å². The van der Waals surface area contributed by atoms with Crippen LogP contribution in [0.15, 0.2) is 79.1 Å². The Hall–Kier alpha value is -3.72. The highest BCUT2D eigenvalue weighted by molar-refractivity contribution is 7.80. The molecule has 4 aromatic rings. The topological polar surface area (TPSA) is 71.4 Å². The number of ether oxygens (including phenoxy) is 1. The number of nitrogens with one attached hydrogen (secondary N) is 2. The molecule has 1 saturated heterocycles. The molecular formula is C29H28ClN5O2S. The van der Waals surface area contributed by atoms with Gasteiger partial charge in [0.2, 0.25) is 5.91 Å². The number of hydrogen-bond donors (Lipinski definition) is 2. The van der Waals surface area contributed by atoms with Gasteiger partial charge in [0.1, 0.15) is 12.6 Å². The van der Waals surface area contributed by atoms with E-state index < -0.39 is 0 Å². The van der Waals surface area contributed by atoms with Gasteiger partial charge in [0.25, 0.3) is 0 Å². The van der Waals surface area contributed by atoms with Crippen LogP contribution in [0, 0.1) is 13.8 Å². The molecule has 2 atom stereocenters. The Morgan fingerprint density at radius 1 is 1.08 bits per heavy atom. The molecule has 0 saturated carbocycles. The van der Waals surface area contributed by atoms with Gasteiger partial charge in [0.15, 0.2) is 5.11 Å². The molecule has 0 unspecified atom stereocenters. The second-order valence-electron chi connectivity index (χ2n) is 9.21. The molecule has 0 bridgehead atoms. The molecule has 0 radical (unpaired) electrons. The number of aromatic nitrogens is 2. The van der Waals surface area contributed by atoms with Crippen molar-refractivity contribution in [2.75, 3.05) is 23.9 Å². The zero-order chi connectivity index (χ0) is 26.8. The first-order valence-corrected chi connectivity index (χ1v) is 13.0. The number of methoxy groups -OCH3 is 1. The minimum absolute atomic E-state index is 0.0541. The fraction of sp³-hybridized carbons (Fsp3) is 0.207. The second-order valence-corrected chi connectivity index (χ2v) is 10.0. The van der Waals surface area contributed by atoms with Gasteiger partial charge in [-0.25, -0.2) is 0 Å². The Morgan fingerprint density at radius 3 is 2.61 bits per heavy atom. The summed E-state index contributed by atoms with van der Waals surface area (Å²) in [6.45, 7) is 4.17. The van der Waals surface area contributed by atoms with Crippen LogP contribution >= 0.6 is 23.8 Å². The van der Waals surface area contributed by atoms with Crippen molar-refractivity contribution < 1.29 is 9.53 Å². The maximum Gasteiger partial charge on any atom is 0.250 e. The van der Waals surface area contributed by atoms with Crippen molar-refractivity contribution in [2.24, 2.45) is 0 Å². The van der Waals surface area contributed by atoms with Crippen molar-refractivity contribution in [3.63, 3.8) is 0 Å². The average molecular weight is 546 g/mol. The van der Waals surface area contributed by atoms with E-state index in [1.54, 1.807) is 12.3 Å². The fourth-order valence-corrected chi connectivity index (χ4v) is 5.32. The number of hydrogen-bond acceptors (Lipinski definition) is 4. The third kappa shape index (κ3) is 5.03. The number of pyridine rings is 1. The highest BCUT2D eigenvalue weighted by Crippen LogP contribution is 2.43. The van der Waals surface area contributed by atoms with Gasteiger partial charge >= 0.3 is 0 Å². The number of carbonyl (C=O) groups excluding carboxylic acids is 1. The number of thiocarbonyl (C=S) groups is 1. The number of amides is 1. The van der Waals surface area contributed by atoms with Crippen molar-refractivity contribution >= 4 is 46.2 Å². The van der Waals surface area contributed by atoms with Gasteiger partial charge in [-0.1, -0.05) is 23.7 Å². The smallest absolute Gasteiger partial charge is 0.250 e. The van der Waals surface area contributed by atoms with E-state index in [4.69, 9.17) is 28.6 Å². The standard InChI is InChI=1S/C29H28ClN5O2S/c1-18-9-10-20(15-19(18)2)34-14-6-8-25(34)28-27(24-7-4-5-13-31-24)33-29(38)35(28)21-11-12-23(22(30)16-21)32-26(36)17-37-3/h4-16,27-28H,17H2,1-3H3,(H,32,36)(H,33,38)/t27-,28-/m0/s1. The zero-order valence-corrected chi connectivity index (χ0v) is 22.9. The Bertz CT molecular complexity index is 1490. The molecule has 1 amide bonds. The Morgan fingerprint density at radius 2 is 1.89 bits per heavy atom. The molecular weight excluding hydrogens is 518 g/mol. The van der Waals surface area contributed by atoms with Gasteiger partial charge < -0.3 is 24.8 Å². The summed E-state index contributed by atoms with van der Waals surface area (Å²) in [7, 11) is 1.47. The molecule has 5 rings (SSSR count). The van der Waals surface area contributed by atoms with Crippen LogP contribution in [0.25, 0.3) is 5.69 Å². The summed E-state index contributed by atoms with van der Waals surface area (Å²) in [6.07, 6.45) is 3.85. The number of benzene rings is 2. The predicted molar refractivity (Wildman–Crippen MR) is 155 cm³/mol.